The third-order valence-corrected chi connectivity index (χ3v) is 3.13. The number of hydrogen-bond donors (Lipinski definition) is 1. The zero-order valence-electron chi connectivity index (χ0n) is 13.2. The predicted octanol–water partition coefficient (Wildman–Crippen LogP) is 3.64. The molecule has 0 bridgehead atoms. The minimum atomic E-state index is 0.465. The second-order valence-electron chi connectivity index (χ2n) is 5.39. The van der Waals surface area contributed by atoms with E-state index in [-0.39, 0.29) is 0 Å². The van der Waals surface area contributed by atoms with Crippen molar-refractivity contribution >= 4 is 0 Å². The SMILES string of the molecule is CCc1nc(C)ccc1Oc1ccc(CNC(C)C)cn1. The molecule has 0 atom stereocenters. The van der Waals surface area contributed by atoms with E-state index in [1.165, 1.54) is 0 Å². The van der Waals surface area contributed by atoms with Gasteiger partial charge < -0.3 is 10.1 Å². The summed E-state index contributed by atoms with van der Waals surface area (Å²) < 4.78 is 5.84. The van der Waals surface area contributed by atoms with Gasteiger partial charge in [-0.2, -0.15) is 0 Å². The van der Waals surface area contributed by atoms with Crippen LogP contribution in [0.2, 0.25) is 0 Å². The van der Waals surface area contributed by atoms with Gasteiger partial charge in [-0.1, -0.05) is 26.8 Å². The normalized spacial score (nSPS) is 10.9. The van der Waals surface area contributed by atoms with Gasteiger partial charge in [0, 0.05) is 30.5 Å². The molecule has 0 aliphatic carbocycles. The summed E-state index contributed by atoms with van der Waals surface area (Å²) in [5.74, 6) is 1.38. The van der Waals surface area contributed by atoms with Crippen LogP contribution in [-0.2, 0) is 13.0 Å². The highest BCUT2D eigenvalue weighted by Gasteiger charge is 2.06. The van der Waals surface area contributed by atoms with Crippen LogP contribution < -0.4 is 10.1 Å². The average Bonchev–Trinajstić information content (AvgIpc) is 2.48. The number of aromatic nitrogens is 2. The number of nitrogens with zero attached hydrogens (tertiary/aromatic N) is 2. The Morgan fingerprint density at radius 2 is 2.00 bits per heavy atom. The van der Waals surface area contributed by atoms with E-state index in [1.54, 1.807) is 0 Å². The van der Waals surface area contributed by atoms with Gasteiger partial charge in [0.1, 0.15) is 0 Å². The highest BCUT2D eigenvalue weighted by Crippen LogP contribution is 2.23. The summed E-state index contributed by atoms with van der Waals surface area (Å²) in [6, 6.07) is 8.31. The summed E-state index contributed by atoms with van der Waals surface area (Å²) in [7, 11) is 0. The first-order chi connectivity index (χ1) is 10.1. The van der Waals surface area contributed by atoms with Crippen LogP contribution in [0.25, 0.3) is 0 Å². The third-order valence-electron chi connectivity index (χ3n) is 3.13. The van der Waals surface area contributed by atoms with Crippen LogP contribution >= 0.6 is 0 Å². The molecule has 2 rings (SSSR count). The van der Waals surface area contributed by atoms with Crippen molar-refractivity contribution in [1.82, 2.24) is 15.3 Å². The maximum Gasteiger partial charge on any atom is 0.219 e. The molecule has 0 aliphatic rings. The Kier molecular flexibility index (Phi) is 5.28. The number of aryl methyl sites for hydroxylation is 2. The van der Waals surface area contributed by atoms with Crippen molar-refractivity contribution in [2.75, 3.05) is 0 Å². The van der Waals surface area contributed by atoms with Gasteiger partial charge in [0.25, 0.3) is 0 Å². The van der Waals surface area contributed by atoms with Gasteiger partial charge in [-0.25, -0.2) is 4.98 Å². The van der Waals surface area contributed by atoms with Gasteiger partial charge in [-0.15, -0.1) is 0 Å². The number of nitrogens with one attached hydrogen (secondary N) is 1. The second kappa shape index (κ2) is 7.18. The van der Waals surface area contributed by atoms with Gasteiger partial charge in [0.05, 0.1) is 5.69 Å². The van der Waals surface area contributed by atoms with Gasteiger partial charge in [0.2, 0.25) is 5.88 Å². The fourth-order valence-electron chi connectivity index (χ4n) is 1.95. The molecule has 1 N–H and O–H groups in total. The molecule has 0 spiro atoms. The van der Waals surface area contributed by atoms with Crippen molar-refractivity contribution < 1.29 is 4.74 Å². The lowest BCUT2D eigenvalue weighted by molar-refractivity contribution is 0.453. The smallest absolute Gasteiger partial charge is 0.219 e. The molecule has 2 aromatic heterocycles. The first kappa shape index (κ1) is 15.4. The molecule has 4 heteroatoms. The van der Waals surface area contributed by atoms with Crippen molar-refractivity contribution in [3.05, 3.63) is 47.4 Å². The Hall–Kier alpha value is -1.94. The van der Waals surface area contributed by atoms with Crippen molar-refractivity contribution in [3.63, 3.8) is 0 Å². The number of ether oxygens (including phenoxy) is 1. The summed E-state index contributed by atoms with van der Waals surface area (Å²) in [6.07, 6.45) is 2.69. The average molecular weight is 285 g/mol. The lowest BCUT2D eigenvalue weighted by atomic mass is 10.2. The molecule has 0 radical (unpaired) electrons. The van der Waals surface area contributed by atoms with Gasteiger partial charge in [-0.3, -0.25) is 4.98 Å². The topological polar surface area (TPSA) is 47.0 Å². The predicted molar refractivity (Wildman–Crippen MR) is 84.6 cm³/mol. The van der Waals surface area contributed by atoms with Crippen molar-refractivity contribution in [1.29, 1.82) is 0 Å². The fraction of sp³-hybridized carbons (Fsp3) is 0.412. The minimum Gasteiger partial charge on any atom is -0.437 e. The van der Waals surface area contributed by atoms with E-state index in [2.05, 4.69) is 36.1 Å². The van der Waals surface area contributed by atoms with Crippen LogP contribution in [0.15, 0.2) is 30.5 Å². The van der Waals surface area contributed by atoms with Gasteiger partial charge in [-0.05, 0) is 31.0 Å². The molecule has 0 aliphatic heterocycles. The lowest BCUT2D eigenvalue weighted by Crippen LogP contribution is -2.21. The molecule has 2 heterocycles. The third kappa shape index (κ3) is 4.53. The van der Waals surface area contributed by atoms with Crippen LogP contribution in [0.5, 0.6) is 11.6 Å². The Balaban J connectivity index is 2.06. The number of pyridine rings is 2. The first-order valence-corrected chi connectivity index (χ1v) is 7.41. The molecule has 0 saturated heterocycles. The highest BCUT2D eigenvalue weighted by atomic mass is 16.5. The molecule has 0 fully saturated rings. The van der Waals surface area contributed by atoms with Gasteiger partial charge in [0.15, 0.2) is 5.75 Å². The molecule has 112 valence electrons. The van der Waals surface area contributed by atoms with E-state index >= 15 is 0 Å². The zero-order valence-corrected chi connectivity index (χ0v) is 13.2. The maximum atomic E-state index is 5.84. The molecule has 21 heavy (non-hydrogen) atoms. The Morgan fingerprint density at radius 1 is 1.19 bits per heavy atom. The van der Waals surface area contributed by atoms with E-state index in [4.69, 9.17) is 4.74 Å². The second-order valence-corrected chi connectivity index (χ2v) is 5.39. The van der Waals surface area contributed by atoms with E-state index in [1.807, 2.05) is 37.4 Å². The van der Waals surface area contributed by atoms with E-state index < -0.39 is 0 Å². The Morgan fingerprint density at radius 3 is 2.62 bits per heavy atom. The van der Waals surface area contributed by atoms with Crippen LogP contribution in [0.1, 0.15) is 37.7 Å². The molecule has 0 saturated carbocycles. The minimum absolute atomic E-state index is 0.465. The summed E-state index contributed by atoms with van der Waals surface area (Å²) in [5, 5.41) is 3.36. The standard InChI is InChI=1S/C17H23N3O/c1-5-15-16(8-6-13(4)20-15)21-17-9-7-14(11-19-17)10-18-12(2)3/h6-9,11-12,18H,5,10H2,1-4H3. The number of hydrogen-bond acceptors (Lipinski definition) is 4. The van der Waals surface area contributed by atoms with Crippen molar-refractivity contribution in [2.24, 2.45) is 0 Å². The highest BCUT2D eigenvalue weighted by molar-refractivity contribution is 5.33. The van der Waals surface area contributed by atoms with Crippen molar-refractivity contribution in [3.8, 4) is 11.6 Å². The summed E-state index contributed by atoms with van der Waals surface area (Å²) in [5.41, 5.74) is 3.11. The van der Waals surface area contributed by atoms with E-state index in [0.717, 1.165) is 35.7 Å². The number of rotatable bonds is 6. The zero-order chi connectivity index (χ0) is 15.2. The molecule has 2 aromatic rings. The molecular weight excluding hydrogens is 262 g/mol. The molecule has 4 nitrogen and oxygen atoms in total. The quantitative estimate of drug-likeness (QED) is 0.880. The Labute approximate surface area is 126 Å². The summed E-state index contributed by atoms with van der Waals surface area (Å²) >= 11 is 0. The molecule has 0 unspecified atom stereocenters. The fourth-order valence-corrected chi connectivity index (χ4v) is 1.95. The maximum absolute atomic E-state index is 5.84. The molecule has 0 aromatic carbocycles. The Bertz CT molecular complexity index is 579. The van der Waals surface area contributed by atoms with Crippen molar-refractivity contribution in [2.45, 2.75) is 46.7 Å². The first-order valence-electron chi connectivity index (χ1n) is 7.41. The van der Waals surface area contributed by atoms with Crippen LogP contribution in [0.4, 0.5) is 0 Å². The summed E-state index contributed by atoms with van der Waals surface area (Å²) in [4.78, 5) is 8.85. The van der Waals surface area contributed by atoms with E-state index in [0.29, 0.717) is 11.9 Å². The largest absolute Gasteiger partial charge is 0.437 e. The van der Waals surface area contributed by atoms with E-state index in [9.17, 15) is 0 Å². The van der Waals surface area contributed by atoms with Crippen LogP contribution in [0, 0.1) is 6.92 Å². The molecular formula is C17H23N3O. The van der Waals surface area contributed by atoms with Gasteiger partial charge >= 0.3 is 0 Å². The summed E-state index contributed by atoms with van der Waals surface area (Å²) in [6.45, 7) is 9.13. The molecule has 0 amide bonds. The lowest BCUT2D eigenvalue weighted by Gasteiger charge is -2.10. The van der Waals surface area contributed by atoms with Crippen LogP contribution in [0.3, 0.4) is 0 Å². The monoisotopic (exact) mass is 285 g/mol. The van der Waals surface area contributed by atoms with Crippen LogP contribution in [-0.4, -0.2) is 16.0 Å².